The fourth-order valence-corrected chi connectivity index (χ4v) is 5.29. The Hall–Kier alpha value is -2.14. The minimum Gasteiger partial charge on any atom is -0.293 e. The third-order valence-corrected chi connectivity index (χ3v) is 7.45. The maximum atomic E-state index is 12.9. The van der Waals surface area contributed by atoms with E-state index in [1.165, 1.54) is 27.8 Å². The van der Waals surface area contributed by atoms with E-state index in [2.05, 4.69) is 0 Å². The molecule has 1 aromatic carbocycles. The van der Waals surface area contributed by atoms with Crippen molar-refractivity contribution in [2.45, 2.75) is 11.8 Å². The number of piperazine rings is 1. The fourth-order valence-electron chi connectivity index (χ4n) is 2.97. The molecule has 1 aromatic heterocycles. The molecule has 0 atom stereocenters. The lowest BCUT2D eigenvalue weighted by atomic mass is 10.2. The van der Waals surface area contributed by atoms with E-state index in [0.29, 0.717) is 23.5 Å². The Bertz CT molecular complexity index is 949. The Labute approximate surface area is 161 Å². The average molecular weight is 409 g/mol. The number of thiophene rings is 1. The predicted octanol–water partition coefficient (Wildman–Crippen LogP) is 2.15. The summed E-state index contributed by atoms with van der Waals surface area (Å²) in [5.74, 6) is 0.0239. The first-order chi connectivity index (χ1) is 12.8. The van der Waals surface area contributed by atoms with Gasteiger partial charge in [0.1, 0.15) is 0 Å². The summed E-state index contributed by atoms with van der Waals surface area (Å²) in [6.07, 6.45) is 0. The summed E-state index contributed by atoms with van der Waals surface area (Å²) >= 11 is 1.39. The van der Waals surface area contributed by atoms with Gasteiger partial charge >= 0.3 is 0 Å². The van der Waals surface area contributed by atoms with Crippen LogP contribution in [0.1, 0.15) is 15.2 Å². The maximum absolute atomic E-state index is 12.9. The van der Waals surface area contributed by atoms with Crippen LogP contribution in [0.5, 0.6) is 0 Å². The van der Waals surface area contributed by atoms with Gasteiger partial charge in [-0.1, -0.05) is 12.1 Å². The molecule has 1 aliphatic rings. The summed E-state index contributed by atoms with van der Waals surface area (Å²) in [6.45, 7) is 3.22. The first kappa shape index (κ1) is 19.6. The Kier molecular flexibility index (Phi) is 5.70. The van der Waals surface area contributed by atoms with Crippen LogP contribution in [-0.4, -0.2) is 61.1 Å². The molecule has 1 saturated heterocycles. The second kappa shape index (κ2) is 7.85. The van der Waals surface area contributed by atoms with Crippen molar-refractivity contribution in [1.29, 1.82) is 0 Å². The van der Waals surface area contributed by atoms with E-state index >= 15 is 0 Å². The molecule has 27 heavy (non-hydrogen) atoms. The largest absolute Gasteiger partial charge is 0.293 e. The topological polar surface area (TPSA) is 101 Å². The summed E-state index contributed by atoms with van der Waals surface area (Å²) in [7, 11) is -3.82. The fraction of sp³-hybridized carbons (Fsp3) is 0.353. The van der Waals surface area contributed by atoms with Gasteiger partial charge in [0, 0.05) is 38.3 Å². The van der Waals surface area contributed by atoms with Crippen LogP contribution in [0.2, 0.25) is 0 Å². The minimum absolute atomic E-state index is 0.0239. The standard InChI is InChI=1S/C17H19N3O5S2/c1-13-4-5-14(20(22)23)11-17(13)27(24,25)19-8-6-18(7-9-19)12-15(21)16-3-2-10-26-16/h2-5,10-11H,6-9,12H2,1H3. The van der Waals surface area contributed by atoms with Gasteiger partial charge in [-0.2, -0.15) is 4.31 Å². The highest BCUT2D eigenvalue weighted by atomic mass is 32.2. The molecule has 8 nitrogen and oxygen atoms in total. The van der Waals surface area contributed by atoms with Crippen molar-refractivity contribution in [2.75, 3.05) is 32.7 Å². The number of Topliss-reactive ketones (excluding diaryl/α,β-unsaturated/α-hetero) is 1. The normalized spacial score (nSPS) is 16.3. The average Bonchev–Trinajstić information content (AvgIpc) is 3.17. The van der Waals surface area contributed by atoms with Gasteiger partial charge in [-0.25, -0.2) is 8.42 Å². The Balaban J connectivity index is 1.69. The van der Waals surface area contributed by atoms with E-state index in [1.807, 2.05) is 16.3 Å². The smallest absolute Gasteiger partial charge is 0.270 e. The molecule has 2 aromatic rings. The van der Waals surface area contributed by atoms with Crippen LogP contribution < -0.4 is 0 Å². The summed E-state index contributed by atoms with van der Waals surface area (Å²) in [5, 5.41) is 12.8. The predicted molar refractivity (Wildman–Crippen MR) is 102 cm³/mol. The number of ketones is 1. The quantitative estimate of drug-likeness (QED) is 0.412. The molecule has 0 unspecified atom stereocenters. The molecule has 2 heterocycles. The van der Waals surface area contributed by atoms with E-state index in [9.17, 15) is 23.3 Å². The summed E-state index contributed by atoms with van der Waals surface area (Å²) in [5.41, 5.74) is 0.218. The number of benzene rings is 1. The zero-order chi connectivity index (χ0) is 19.6. The molecular formula is C17H19N3O5S2. The monoisotopic (exact) mass is 409 g/mol. The van der Waals surface area contributed by atoms with Gasteiger partial charge in [0.25, 0.3) is 5.69 Å². The van der Waals surface area contributed by atoms with Crippen molar-refractivity contribution >= 4 is 32.8 Å². The number of hydrogen-bond donors (Lipinski definition) is 0. The Morgan fingerprint density at radius 3 is 2.52 bits per heavy atom. The lowest BCUT2D eigenvalue weighted by molar-refractivity contribution is -0.385. The number of nitro benzene ring substituents is 1. The van der Waals surface area contributed by atoms with Gasteiger partial charge in [0.05, 0.1) is 21.2 Å². The van der Waals surface area contributed by atoms with Gasteiger partial charge in [-0.05, 0) is 23.9 Å². The first-order valence-corrected chi connectivity index (χ1v) is 10.7. The highest BCUT2D eigenvalue weighted by molar-refractivity contribution is 7.89. The summed E-state index contributed by atoms with van der Waals surface area (Å²) < 4.78 is 27.2. The lowest BCUT2D eigenvalue weighted by Gasteiger charge is -2.33. The molecule has 0 radical (unpaired) electrons. The Morgan fingerprint density at radius 2 is 1.93 bits per heavy atom. The SMILES string of the molecule is Cc1ccc([N+](=O)[O-])cc1S(=O)(=O)N1CCN(CC(=O)c2cccs2)CC1. The van der Waals surface area contributed by atoms with Gasteiger partial charge in [0.15, 0.2) is 5.78 Å². The number of aryl methyl sites for hydroxylation is 1. The summed E-state index contributed by atoms with van der Waals surface area (Å²) in [4.78, 5) is 25.1. The third-order valence-electron chi connectivity index (χ3n) is 4.49. The van der Waals surface area contributed by atoms with Crippen LogP contribution in [0.4, 0.5) is 5.69 Å². The number of non-ortho nitro benzene ring substituents is 1. The molecular weight excluding hydrogens is 390 g/mol. The van der Waals surface area contributed by atoms with Crippen molar-refractivity contribution in [3.05, 3.63) is 56.3 Å². The number of carbonyl (C=O) groups is 1. The van der Waals surface area contributed by atoms with Crippen molar-refractivity contribution < 1.29 is 18.1 Å². The van der Waals surface area contributed by atoms with E-state index in [0.717, 1.165) is 6.07 Å². The van der Waals surface area contributed by atoms with Crippen LogP contribution in [0.3, 0.4) is 0 Å². The van der Waals surface area contributed by atoms with Crippen molar-refractivity contribution in [3.63, 3.8) is 0 Å². The first-order valence-electron chi connectivity index (χ1n) is 8.33. The second-order valence-electron chi connectivity index (χ2n) is 6.29. The van der Waals surface area contributed by atoms with E-state index in [4.69, 9.17) is 0 Å². The molecule has 0 spiro atoms. The van der Waals surface area contributed by atoms with Crippen molar-refractivity contribution in [1.82, 2.24) is 9.21 Å². The van der Waals surface area contributed by atoms with Crippen LogP contribution in [-0.2, 0) is 10.0 Å². The Morgan fingerprint density at radius 1 is 1.22 bits per heavy atom. The van der Waals surface area contributed by atoms with Crippen molar-refractivity contribution in [3.8, 4) is 0 Å². The second-order valence-corrected chi connectivity index (χ2v) is 9.14. The number of nitrogens with zero attached hydrogens (tertiary/aromatic N) is 3. The van der Waals surface area contributed by atoms with Gasteiger partial charge in [0.2, 0.25) is 10.0 Å². The minimum atomic E-state index is -3.82. The van der Waals surface area contributed by atoms with E-state index in [-0.39, 0.29) is 36.0 Å². The number of carbonyl (C=O) groups excluding carboxylic acids is 1. The molecule has 10 heteroatoms. The molecule has 0 bridgehead atoms. The number of sulfonamides is 1. The van der Waals surface area contributed by atoms with Crippen LogP contribution >= 0.6 is 11.3 Å². The molecule has 0 aliphatic carbocycles. The lowest BCUT2D eigenvalue weighted by Crippen LogP contribution is -2.49. The van der Waals surface area contributed by atoms with Crippen molar-refractivity contribution in [2.24, 2.45) is 0 Å². The molecule has 0 amide bonds. The number of rotatable bonds is 6. The number of nitro groups is 1. The third kappa shape index (κ3) is 4.24. The van der Waals surface area contributed by atoms with Gasteiger partial charge in [-0.3, -0.25) is 19.8 Å². The van der Waals surface area contributed by atoms with Crippen LogP contribution in [0, 0.1) is 17.0 Å². The highest BCUT2D eigenvalue weighted by Gasteiger charge is 2.31. The molecule has 0 N–H and O–H groups in total. The number of hydrogen-bond acceptors (Lipinski definition) is 7. The molecule has 1 fully saturated rings. The maximum Gasteiger partial charge on any atom is 0.270 e. The summed E-state index contributed by atoms with van der Waals surface area (Å²) in [6, 6.07) is 7.45. The highest BCUT2D eigenvalue weighted by Crippen LogP contribution is 2.25. The van der Waals surface area contributed by atoms with Crippen LogP contribution in [0.15, 0.2) is 40.6 Å². The molecule has 144 valence electrons. The van der Waals surface area contributed by atoms with Gasteiger partial charge in [-0.15, -0.1) is 11.3 Å². The zero-order valence-electron chi connectivity index (χ0n) is 14.7. The molecule has 0 saturated carbocycles. The van der Waals surface area contributed by atoms with E-state index < -0.39 is 14.9 Å². The zero-order valence-corrected chi connectivity index (χ0v) is 16.3. The molecule has 1 aliphatic heterocycles. The van der Waals surface area contributed by atoms with Gasteiger partial charge < -0.3 is 0 Å². The van der Waals surface area contributed by atoms with Crippen LogP contribution in [0.25, 0.3) is 0 Å². The van der Waals surface area contributed by atoms with E-state index in [1.54, 1.807) is 13.0 Å². The molecule has 3 rings (SSSR count).